The topological polar surface area (TPSA) is 21.3 Å². The second kappa shape index (κ2) is 3.62. The molecule has 2 heteroatoms. The second-order valence-electron chi connectivity index (χ2n) is 4.59. The maximum atomic E-state index is 5.89. The van der Waals surface area contributed by atoms with E-state index in [1.807, 2.05) is 0 Å². The molecular formula is C13H17NO. The van der Waals surface area contributed by atoms with E-state index in [2.05, 4.69) is 30.4 Å². The average Bonchev–Trinajstić information content (AvgIpc) is 2.15. The van der Waals surface area contributed by atoms with Crippen molar-refractivity contribution in [2.24, 2.45) is 0 Å². The van der Waals surface area contributed by atoms with Crippen LogP contribution in [-0.4, -0.2) is 19.2 Å². The van der Waals surface area contributed by atoms with Crippen molar-refractivity contribution >= 4 is 0 Å². The molecule has 0 aromatic heterocycles. The molecule has 3 rings (SSSR count). The summed E-state index contributed by atoms with van der Waals surface area (Å²) in [6.45, 7) is 4.18. The number of hydrogen-bond acceptors (Lipinski definition) is 2. The van der Waals surface area contributed by atoms with Crippen LogP contribution in [-0.2, 0) is 11.2 Å². The van der Waals surface area contributed by atoms with Crippen molar-refractivity contribution in [3.63, 3.8) is 0 Å². The van der Waals surface area contributed by atoms with Gasteiger partial charge in [-0.1, -0.05) is 23.8 Å². The predicted molar refractivity (Wildman–Crippen MR) is 60.0 cm³/mol. The Morgan fingerprint density at radius 2 is 2.27 bits per heavy atom. The summed E-state index contributed by atoms with van der Waals surface area (Å²) in [5.41, 5.74) is 4.25. The van der Waals surface area contributed by atoms with Crippen molar-refractivity contribution < 1.29 is 4.74 Å². The Labute approximate surface area is 90.6 Å². The SMILES string of the molecule is Cc1ccc2c(c1)CCOC2C1CCN1. The molecule has 0 spiro atoms. The van der Waals surface area contributed by atoms with Crippen LogP contribution in [0.15, 0.2) is 18.2 Å². The number of nitrogens with one attached hydrogen (secondary N) is 1. The van der Waals surface area contributed by atoms with Gasteiger partial charge in [-0.25, -0.2) is 0 Å². The monoisotopic (exact) mass is 203 g/mol. The fraction of sp³-hybridized carbons (Fsp3) is 0.538. The lowest BCUT2D eigenvalue weighted by Gasteiger charge is -2.38. The molecule has 0 radical (unpaired) electrons. The standard InChI is InChI=1S/C13H17NO/c1-9-2-3-11-10(8-9)5-7-15-13(11)12-4-6-14-12/h2-3,8,12-14H,4-7H2,1H3. The third-order valence-corrected chi connectivity index (χ3v) is 3.50. The quantitative estimate of drug-likeness (QED) is 0.753. The Hall–Kier alpha value is -0.860. The molecule has 15 heavy (non-hydrogen) atoms. The van der Waals surface area contributed by atoms with Crippen LogP contribution in [0.2, 0.25) is 0 Å². The highest BCUT2D eigenvalue weighted by Gasteiger charge is 2.32. The fourth-order valence-corrected chi connectivity index (χ4v) is 2.52. The minimum absolute atomic E-state index is 0.295. The molecule has 0 saturated carbocycles. The van der Waals surface area contributed by atoms with Crippen LogP contribution in [0.5, 0.6) is 0 Å². The van der Waals surface area contributed by atoms with Gasteiger partial charge >= 0.3 is 0 Å². The predicted octanol–water partition coefficient (Wildman–Crippen LogP) is 1.97. The lowest BCUT2D eigenvalue weighted by Crippen LogP contribution is -2.48. The molecule has 2 atom stereocenters. The smallest absolute Gasteiger partial charge is 0.0981 e. The maximum Gasteiger partial charge on any atom is 0.0981 e. The summed E-state index contributed by atoms with van der Waals surface area (Å²) in [4.78, 5) is 0. The third kappa shape index (κ3) is 1.58. The first kappa shape index (κ1) is 9.37. The van der Waals surface area contributed by atoms with Gasteiger partial charge in [0.2, 0.25) is 0 Å². The molecule has 1 aromatic rings. The highest BCUT2D eigenvalue weighted by atomic mass is 16.5. The highest BCUT2D eigenvalue weighted by Crippen LogP contribution is 2.33. The molecule has 2 unspecified atom stereocenters. The van der Waals surface area contributed by atoms with Gasteiger partial charge in [0.25, 0.3) is 0 Å². The molecule has 1 N–H and O–H groups in total. The maximum absolute atomic E-state index is 5.89. The van der Waals surface area contributed by atoms with E-state index in [0.29, 0.717) is 12.1 Å². The first-order valence-corrected chi connectivity index (χ1v) is 5.79. The molecule has 2 aliphatic rings. The second-order valence-corrected chi connectivity index (χ2v) is 4.59. The van der Waals surface area contributed by atoms with E-state index in [0.717, 1.165) is 19.6 Å². The molecule has 80 valence electrons. The van der Waals surface area contributed by atoms with Crippen molar-refractivity contribution in [3.8, 4) is 0 Å². The van der Waals surface area contributed by atoms with Gasteiger partial charge in [-0.05, 0) is 37.4 Å². The van der Waals surface area contributed by atoms with Crippen LogP contribution in [0.3, 0.4) is 0 Å². The summed E-state index contributed by atoms with van der Waals surface area (Å²) < 4.78 is 5.89. The van der Waals surface area contributed by atoms with Crippen LogP contribution >= 0.6 is 0 Å². The Morgan fingerprint density at radius 1 is 1.40 bits per heavy atom. The lowest BCUT2D eigenvalue weighted by atomic mass is 9.88. The van der Waals surface area contributed by atoms with Gasteiger partial charge in [0.1, 0.15) is 0 Å². The summed E-state index contributed by atoms with van der Waals surface area (Å²) in [5, 5.41) is 3.45. The van der Waals surface area contributed by atoms with E-state index in [1.165, 1.54) is 23.1 Å². The number of ether oxygens (including phenoxy) is 1. The molecule has 0 amide bonds. The van der Waals surface area contributed by atoms with Crippen LogP contribution in [0.1, 0.15) is 29.2 Å². The van der Waals surface area contributed by atoms with Gasteiger partial charge in [0.15, 0.2) is 0 Å². The summed E-state index contributed by atoms with van der Waals surface area (Å²) >= 11 is 0. The molecule has 0 aliphatic carbocycles. The molecule has 2 aliphatic heterocycles. The van der Waals surface area contributed by atoms with Gasteiger partial charge in [0.05, 0.1) is 12.7 Å². The molecule has 2 heterocycles. The van der Waals surface area contributed by atoms with Crippen molar-refractivity contribution in [2.75, 3.05) is 13.2 Å². The van der Waals surface area contributed by atoms with E-state index in [4.69, 9.17) is 4.74 Å². The van der Waals surface area contributed by atoms with Crippen molar-refractivity contribution in [2.45, 2.75) is 31.9 Å². The average molecular weight is 203 g/mol. The van der Waals surface area contributed by atoms with Gasteiger partial charge in [-0.2, -0.15) is 0 Å². The first-order chi connectivity index (χ1) is 7.34. The lowest BCUT2D eigenvalue weighted by molar-refractivity contribution is -0.00150. The Balaban J connectivity index is 1.95. The van der Waals surface area contributed by atoms with Gasteiger partial charge in [0, 0.05) is 6.04 Å². The van der Waals surface area contributed by atoms with Crippen LogP contribution in [0.4, 0.5) is 0 Å². The van der Waals surface area contributed by atoms with Crippen LogP contribution in [0.25, 0.3) is 0 Å². The van der Waals surface area contributed by atoms with E-state index < -0.39 is 0 Å². The zero-order valence-corrected chi connectivity index (χ0v) is 9.12. The largest absolute Gasteiger partial charge is 0.372 e. The molecule has 2 nitrogen and oxygen atoms in total. The van der Waals surface area contributed by atoms with Crippen molar-refractivity contribution in [1.82, 2.24) is 5.32 Å². The van der Waals surface area contributed by atoms with Gasteiger partial charge in [-0.15, -0.1) is 0 Å². The summed E-state index contributed by atoms with van der Waals surface area (Å²) in [6.07, 6.45) is 2.61. The number of fused-ring (bicyclic) bond motifs is 1. The van der Waals surface area contributed by atoms with Crippen molar-refractivity contribution in [1.29, 1.82) is 0 Å². The number of rotatable bonds is 1. The van der Waals surface area contributed by atoms with E-state index in [1.54, 1.807) is 0 Å². The van der Waals surface area contributed by atoms with E-state index in [-0.39, 0.29) is 0 Å². The Kier molecular flexibility index (Phi) is 2.26. The molecular weight excluding hydrogens is 186 g/mol. The Bertz CT molecular complexity index is 371. The minimum Gasteiger partial charge on any atom is -0.372 e. The number of hydrogen-bond donors (Lipinski definition) is 1. The van der Waals surface area contributed by atoms with E-state index >= 15 is 0 Å². The minimum atomic E-state index is 0.295. The van der Waals surface area contributed by atoms with Gasteiger partial charge in [-0.3, -0.25) is 0 Å². The molecule has 1 fully saturated rings. The molecule has 1 aromatic carbocycles. The molecule has 1 saturated heterocycles. The van der Waals surface area contributed by atoms with Crippen LogP contribution in [0, 0.1) is 6.92 Å². The van der Waals surface area contributed by atoms with Crippen LogP contribution < -0.4 is 5.32 Å². The Morgan fingerprint density at radius 3 is 3.00 bits per heavy atom. The number of benzene rings is 1. The summed E-state index contributed by atoms with van der Waals surface area (Å²) in [7, 11) is 0. The third-order valence-electron chi connectivity index (χ3n) is 3.50. The first-order valence-electron chi connectivity index (χ1n) is 5.79. The van der Waals surface area contributed by atoms with Gasteiger partial charge < -0.3 is 10.1 Å². The summed E-state index contributed by atoms with van der Waals surface area (Å²) in [6, 6.07) is 7.30. The zero-order chi connectivity index (χ0) is 10.3. The normalized spacial score (nSPS) is 29.4. The summed E-state index contributed by atoms with van der Waals surface area (Å²) in [5.74, 6) is 0. The zero-order valence-electron chi connectivity index (χ0n) is 9.12. The van der Waals surface area contributed by atoms with Crippen molar-refractivity contribution in [3.05, 3.63) is 34.9 Å². The number of aryl methyl sites for hydroxylation is 1. The fourth-order valence-electron chi connectivity index (χ4n) is 2.52. The highest BCUT2D eigenvalue weighted by molar-refractivity contribution is 5.35. The molecule has 0 bridgehead atoms. The van der Waals surface area contributed by atoms with E-state index in [9.17, 15) is 0 Å².